The van der Waals surface area contributed by atoms with Crippen molar-refractivity contribution >= 4 is 23.2 Å². The molecule has 0 saturated heterocycles. The number of Topliss-reactive ketones (excluding diaryl/α,β-unsaturated/α-hetero) is 1. The molecule has 1 aliphatic heterocycles. The largest absolute Gasteiger partial charge is 0.384 e. The lowest BCUT2D eigenvalue weighted by Crippen LogP contribution is -2.39. The Morgan fingerprint density at radius 3 is 2.50 bits per heavy atom. The van der Waals surface area contributed by atoms with Gasteiger partial charge in [0.1, 0.15) is 17.5 Å². The summed E-state index contributed by atoms with van der Waals surface area (Å²) in [5.41, 5.74) is 12.2. The molecule has 7 heteroatoms. The molecule has 1 unspecified atom stereocenters. The fourth-order valence-electron chi connectivity index (χ4n) is 5.38. The number of hydrogen-bond acceptors (Lipinski definition) is 5. The zero-order valence-electron chi connectivity index (χ0n) is 21.2. The molecule has 3 aromatic carbocycles. The number of benzene rings is 3. The maximum atomic E-state index is 14.9. The highest BCUT2D eigenvalue weighted by molar-refractivity contribution is 7.98. The van der Waals surface area contributed by atoms with Gasteiger partial charge in [-0.2, -0.15) is 5.26 Å². The maximum absolute atomic E-state index is 14.9. The molecular weight excluding hydrogens is 500 g/mol. The smallest absolute Gasteiger partial charge is 0.161 e. The molecule has 38 heavy (non-hydrogen) atoms. The third kappa shape index (κ3) is 4.61. The van der Waals surface area contributed by atoms with E-state index in [0.29, 0.717) is 36.3 Å². The lowest BCUT2D eigenvalue weighted by molar-refractivity contribution is -0.116. The van der Waals surface area contributed by atoms with Gasteiger partial charge in [0.25, 0.3) is 0 Å². The van der Waals surface area contributed by atoms with Gasteiger partial charge in [-0.25, -0.2) is 8.78 Å². The predicted octanol–water partition coefficient (Wildman–Crippen LogP) is 7.18. The SMILES string of the molecule is Cc1cc(C)c(C2C(C#N)=C(N)N(c3ccccc3F)C3=C2C(=O)CCC3)cc1CSc1ccc(F)cc1. The van der Waals surface area contributed by atoms with Gasteiger partial charge in [0, 0.05) is 28.3 Å². The van der Waals surface area contributed by atoms with E-state index in [-0.39, 0.29) is 28.7 Å². The molecule has 192 valence electrons. The number of carbonyl (C=O) groups is 1. The highest BCUT2D eigenvalue weighted by atomic mass is 32.2. The number of hydrogen-bond donors (Lipinski definition) is 1. The normalized spacial score (nSPS) is 17.5. The minimum Gasteiger partial charge on any atom is -0.384 e. The number of allylic oxidation sites excluding steroid dienone is 3. The first-order valence-electron chi connectivity index (χ1n) is 12.5. The first kappa shape index (κ1) is 25.7. The minimum atomic E-state index is -0.624. The third-order valence-corrected chi connectivity index (χ3v) is 8.31. The molecule has 3 aromatic rings. The molecule has 0 radical (unpaired) electrons. The molecule has 1 aliphatic carbocycles. The fourth-order valence-corrected chi connectivity index (χ4v) is 6.34. The van der Waals surface area contributed by atoms with Crippen molar-refractivity contribution in [2.75, 3.05) is 4.90 Å². The summed E-state index contributed by atoms with van der Waals surface area (Å²) in [6, 6.07) is 19.0. The molecule has 0 bridgehead atoms. The lowest BCUT2D eigenvalue weighted by atomic mass is 9.74. The van der Waals surface area contributed by atoms with E-state index in [1.807, 2.05) is 13.8 Å². The molecular formula is C31H27F2N3OS. The van der Waals surface area contributed by atoms with E-state index in [1.54, 1.807) is 47.0 Å². The van der Waals surface area contributed by atoms with Crippen LogP contribution in [0.3, 0.4) is 0 Å². The Hall–Kier alpha value is -3.89. The highest BCUT2D eigenvalue weighted by Gasteiger charge is 2.41. The molecule has 4 nitrogen and oxygen atoms in total. The van der Waals surface area contributed by atoms with Crippen molar-refractivity contribution in [3.63, 3.8) is 0 Å². The van der Waals surface area contributed by atoms with Crippen LogP contribution < -0.4 is 10.6 Å². The minimum absolute atomic E-state index is 0.0416. The summed E-state index contributed by atoms with van der Waals surface area (Å²) in [4.78, 5) is 16.0. The summed E-state index contributed by atoms with van der Waals surface area (Å²) in [5, 5.41) is 10.3. The second-order valence-corrected chi connectivity index (χ2v) is 10.7. The van der Waals surface area contributed by atoms with Gasteiger partial charge in [0.2, 0.25) is 0 Å². The number of carbonyl (C=O) groups excluding carboxylic acids is 1. The van der Waals surface area contributed by atoms with Crippen LogP contribution in [0.2, 0.25) is 0 Å². The first-order chi connectivity index (χ1) is 18.3. The molecule has 0 amide bonds. The molecule has 5 rings (SSSR count). The van der Waals surface area contributed by atoms with Gasteiger partial charge in [-0.3, -0.25) is 9.69 Å². The number of nitriles is 1. The number of ketones is 1. The summed E-state index contributed by atoms with van der Waals surface area (Å²) < 4.78 is 28.3. The van der Waals surface area contributed by atoms with Crippen LogP contribution >= 0.6 is 11.8 Å². The second-order valence-electron chi connectivity index (χ2n) is 9.65. The monoisotopic (exact) mass is 527 g/mol. The van der Waals surface area contributed by atoms with Crippen LogP contribution in [0.25, 0.3) is 0 Å². The van der Waals surface area contributed by atoms with E-state index in [4.69, 9.17) is 5.73 Å². The topological polar surface area (TPSA) is 70.1 Å². The van der Waals surface area contributed by atoms with Crippen LogP contribution in [-0.2, 0) is 10.5 Å². The van der Waals surface area contributed by atoms with E-state index in [2.05, 4.69) is 18.2 Å². The van der Waals surface area contributed by atoms with E-state index in [0.717, 1.165) is 27.1 Å². The van der Waals surface area contributed by atoms with E-state index in [1.165, 1.54) is 18.2 Å². The van der Waals surface area contributed by atoms with Gasteiger partial charge in [-0.05, 0) is 85.3 Å². The Bertz CT molecular complexity index is 1540. The van der Waals surface area contributed by atoms with Crippen molar-refractivity contribution in [3.8, 4) is 6.07 Å². The van der Waals surface area contributed by atoms with E-state index < -0.39 is 11.7 Å². The number of thioether (sulfide) groups is 1. The van der Waals surface area contributed by atoms with Gasteiger partial charge in [0.15, 0.2) is 5.78 Å². The molecule has 0 fully saturated rings. The van der Waals surface area contributed by atoms with E-state index in [9.17, 15) is 18.8 Å². The van der Waals surface area contributed by atoms with E-state index >= 15 is 0 Å². The number of para-hydroxylation sites is 1. The Morgan fingerprint density at radius 2 is 1.79 bits per heavy atom. The van der Waals surface area contributed by atoms with Crippen LogP contribution in [0.4, 0.5) is 14.5 Å². The number of aryl methyl sites for hydroxylation is 2. The predicted molar refractivity (Wildman–Crippen MR) is 146 cm³/mol. The molecule has 1 atom stereocenters. The number of halogens is 2. The lowest BCUT2D eigenvalue weighted by Gasteiger charge is -2.40. The van der Waals surface area contributed by atoms with Gasteiger partial charge in [-0.15, -0.1) is 11.8 Å². The molecule has 0 saturated carbocycles. The molecule has 2 N–H and O–H groups in total. The number of nitrogens with two attached hydrogens (primary N) is 1. The Kier molecular flexibility index (Phi) is 7.09. The molecule has 1 heterocycles. The first-order valence-corrected chi connectivity index (χ1v) is 13.5. The standard InChI is InChI=1S/C31H27F2N3OS/c1-18-14-19(2)23(15-20(18)17-38-22-12-10-21(32)11-13-22)29-24(16-34)31(35)36(26-7-4-3-6-25(26)33)27-8-5-9-28(37)30(27)29/h3-4,6-7,10-15,29H,5,8-9,17,35H2,1-2H3. The maximum Gasteiger partial charge on any atom is 0.161 e. The van der Waals surface area contributed by atoms with Gasteiger partial charge in [-0.1, -0.05) is 24.3 Å². The number of anilines is 1. The van der Waals surface area contributed by atoms with Crippen LogP contribution in [0.1, 0.15) is 47.4 Å². The fraction of sp³-hybridized carbons (Fsp3) is 0.226. The number of nitrogens with zero attached hydrogens (tertiary/aromatic N) is 2. The van der Waals surface area contributed by atoms with Crippen molar-refractivity contribution in [1.82, 2.24) is 0 Å². The van der Waals surface area contributed by atoms with Crippen molar-refractivity contribution in [1.29, 1.82) is 5.26 Å². The molecule has 0 spiro atoms. The Labute approximate surface area is 225 Å². The van der Waals surface area contributed by atoms with Crippen LogP contribution in [0, 0.1) is 36.8 Å². The Balaban J connectivity index is 1.63. The quantitative estimate of drug-likeness (QED) is 0.356. The van der Waals surface area contributed by atoms with Crippen LogP contribution in [-0.4, -0.2) is 5.78 Å². The summed E-state index contributed by atoms with van der Waals surface area (Å²) in [6.45, 7) is 4.01. The second kappa shape index (κ2) is 10.5. The molecule has 2 aliphatic rings. The van der Waals surface area contributed by atoms with Crippen molar-refractivity contribution in [2.24, 2.45) is 5.73 Å². The van der Waals surface area contributed by atoms with Crippen molar-refractivity contribution in [3.05, 3.63) is 117 Å². The highest BCUT2D eigenvalue weighted by Crippen LogP contribution is 2.47. The zero-order valence-corrected chi connectivity index (χ0v) is 22.0. The van der Waals surface area contributed by atoms with Gasteiger partial charge in [0.05, 0.1) is 23.2 Å². The van der Waals surface area contributed by atoms with Gasteiger partial charge < -0.3 is 5.73 Å². The summed E-state index contributed by atoms with van der Waals surface area (Å²) in [6.07, 6.45) is 1.57. The van der Waals surface area contributed by atoms with Crippen molar-refractivity contribution < 1.29 is 13.6 Å². The zero-order chi connectivity index (χ0) is 27.0. The average Bonchev–Trinajstić information content (AvgIpc) is 2.89. The van der Waals surface area contributed by atoms with Crippen LogP contribution in [0.15, 0.2) is 88.2 Å². The average molecular weight is 528 g/mol. The van der Waals surface area contributed by atoms with Crippen molar-refractivity contribution in [2.45, 2.75) is 49.7 Å². The van der Waals surface area contributed by atoms with Crippen LogP contribution in [0.5, 0.6) is 0 Å². The Morgan fingerprint density at radius 1 is 1.05 bits per heavy atom. The summed E-state index contributed by atoms with van der Waals surface area (Å²) in [7, 11) is 0. The third-order valence-electron chi connectivity index (χ3n) is 7.25. The summed E-state index contributed by atoms with van der Waals surface area (Å²) in [5.74, 6) is -0.624. The van der Waals surface area contributed by atoms with Gasteiger partial charge >= 0.3 is 0 Å². The summed E-state index contributed by atoms with van der Waals surface area (Å²) >= 11 is 1.59. The molecule has 0 aromatic heterocycles. The number of rotatable bonds is 5.